The van der Waals surface area contributed by atoms with Gasteiger partial charge in [-0.1, -0.05) is 0 Å². The molecule has 2 bridgehead atoms. The topological polar surface area (TPSA) is 71.9 Å². The van der Waals surface area contributed by atoms with Crippen LogP contribution in [-0.2, 0) is 4.74 Å². The first-order valence-electron chi connectivity index (χ1n) is 9.51. The lowest BCUT2D eigenvalue weighted by Gasteiger charge is -2.50. The summed E-state index contributed by atoms with van der Waals surface area (Å²) in [6.45, 7) is 4.14. The highest BCUT2D eigenvalue weighted by atomic mass is 16.5. The number of hydrogen-bond donors (Lipinski definition) is 1. The van der Waals surface area contributed by atoms with Crippen LogP contribution < -0.4 is 10.1 Å². The summed E-state index contributed by atoms with van der Waals surface area (Å²) < 4.78 is 12.2. The Morgan fingerprint density at radius 3 is 2.76 bits per heavy atom. The van der Waals surface area contributed by atoms with Crippen LogP contribution in [0.5, 0.6) is 5.88 Å². The zero-order valence-electron chi connectivity index (χ0n) is 14.5. The monoisotopic (exact) mass is 343 g/mol. The van der Waals surface area contributed by atoms with Gasteiger partial charge in [0.1, 0.15) is 23.9 Å². The minimum atomic E-state index is -0.130. The molecule has 0 aromatic carbocycles. The van der Waals surface area contributed by atoms with Gasteiger partial charge in [0.25, 0.3) is 6.02 Å². The molecular weight excluding hydrogens is 318 g/mol. The van der Waals surface area contributed by atoms with Crippen LogP contribution >= 0.6 is 0 Å². The van der Waals surface area contributed by atoms with Crippen LogP contribution in [-0.4, -0.2) is 58.8 Å². The quantitative estimate of drug-likeness (QED) is 0.906. The molecule has 1 saturated carbocycles. The zero-order valence-corrected chi connectivity index (χ0v) is 14.5. The Morgan fingerprint density at radius 2 is 2.00 bits per heavy atom. The Kier molecular flexibility index (Phi) is 3.77. The summed E-state index contributed by atoms with van der Waals surface area (Å²) in [6, 6.07) is 2.42. The maximum atomic E-state index is 6.30. The summed E-state index contributed by atoms with van der Waals surface area (Å²) in [5, 5.41) is 3.22. The number of rotatable bonds is 3. The molecule has 5 heterocycles. The number of hydrogen-bond acceptors (Lipinski definition) is 7. The lowest BCUT2D eigenvalue weighted by Crippen LogP contribution is -2.61. The maximum Gasteiger partial charge on any atom is 0.291 e. The zero-order chi connectivity index (χ0) is 16.7. The van der Waals surface area contributed by atoms with Gasteiger partial charge in [0.05, 0.1) is 6.54 Å². The van der Waals surface area contributed by atoms with Gasteiger partial charge in [0.15, 0.2) is 0 Å². The summed E-state index contributed by atoms with van der Waals surface area (Å²) in [6.07, 6.45) is 8.97. The van der Waals surface area contributed by atoms with Gasteiger partial charge in [-0.2, -0.15) is 0 Å². The van der Waals surface area contributed by atoms with Gasteiger partial charge in [-0.25, -0.2) is 15.0 Å². The fourth-order valence-electron chi connectivity index (χ4n) is 4.71. The molecule has 1 atom stereocenters. The number of ether oxygens (including phenoxy) is 2. The molecule has 1 N–H and O–H groups in total. The van der Waals surface area contributed by atoms with Crippen LogP contribution in [0.1, 0.15) is 38.5 Å². The first kappa shape index (κ1) is 15.4. The second-order valence-electron chi connectivity index (χ2n) is 7.73. The largest absolute Gasteiger partial charge is 0.474 e. The van der Waals surface area contributed by atoms with E-state index in [1.54, 1.807) is 0 Å². The second-order valence-corrected chi connectivity index (χ2v) is 7.73. The molecular formula is C18H25N5O2. The van der Waals surface area contributed by atoms with Crippen molar-refractivity contribution in [3.05, 3.63) is 12.4 Å². The second kappa shape index (κ2) is 6.12. The number of amidine groups is 1. The van der Waals surface area contributed by atoms with E-state index in [1.165, 1.54) is 45.1 Å². The van der Waals surface area contributed by atoms with Gasteiger partial charge in [0, 0.05) is 18.5 Å². The van der Waals surface area contributed by atoms with E-state index >= 15 is 0 Å². The minimum Gasteiger partial charge on any atom is -0.474 e. The van der Waals surface area contributed by atoms with E-state index in [1.807, 2.05) is 6.07 Å². The molecule has 4 aliphatic heterocycles. The molecule has 1 unspecified atom stereocenters. The van der Waals surface area contributed by atoms with E-state index in [4.69, 9.17) is 9.47 Å². The Labute approximate surface area is 147 Å². The van der Waals surface area contributed by atoms with Crippen molar-refractivity contribution < 1.29 is 9.47 Å². The van der Waals surface area contributed by atoms with Gasteiger partial charge >= 0.3 is 0 Å². The average Bonchev–Trinajstić information content (AvgIpc) is 3.27. The molecule has 7 nitrogen and oxygen atoms in total. The summed E-state index contributed by atoms with van der Waals surface area (Å²) in [7, 11) is 0. The predicted octanol–water partition coefficient (Wildman–Crippen LogP) is 2.06. The van der Waals surface area contributed by atoms with E-state index < -0.39 is 0 Å². The number of aromatic nitrogens is 2. The number of fused-ring (bicyclic) bond motifs is 2. The van der Waals surface area contributed by atoms with Crippen molar-refractivity contribution >= 4 is 11.8 Å². The van der Waals surface area contributed by atoms with Crippen molar-refractivity contribution in [2.45, 2.75) is 50.2 Å². The molecule has 25 heavy (non-hydrogen) atoms. The lowest BCUT2D eigenvalue weighted by atomic mass is 9.75. The lowest BCUT2D eigenvalue weighted by molar-refractivity contribution is -0.0829. The van der Waals surface area contributed by atoms with Gasteiger partial charge in [-0.3, -0.25) is 10.2 Å². The van der Waals surface area contributed by atoms with Crippen molar-refractivity contribution in [3.63, 3.8) is 0 Å². The molecule has 0 amide bonds. The fourth-order valence-corrected chi connectivity index (χ4v) is 4.71. The molecule has 1 aromatic rings. The number of anilines is 1. The Bertz CT molecular complexity index is 667. The van der Waals surface area contributed by atoms with Crippen molar-refractivity contribution in [2.24, 2.45) is 10.9 Å². The van der Waals surface area contributed by atoms with Gasteiger partial charge in [-0.15, -0.1) is 0 Å². The van der Waals surface area contributed by atoms with Crippen molar-refractivity contribution in [1.82, 2.24) is 14.9 Å². The number of nitrogens with zero attached hydrogens (tertiary/aromatic N) is 4. The van der Waals surface area contributed by atoms with Crippen LogP contribution in [0.2, 0.25) is 0 Å². The first-order chi connectivity index (χ1) is 12.3. The first-order valence-corrected chi connectivity index (χ1v) is 9.51. The van der Waals surface area contributed by atoms with Gasteiger partial charge < -0.3 is 9.47 Å². The number of piperidine rings is 3. The highest BCUT2D eigenvalue weighted by Gasteiger charge is 2.51. The smallest absolute Gasteiger partial charge is 0.291 e. The normalized spacial score (nSPS) is 34.2. The molecule has 4 fully saturated rings. The van der Waals surface area contributed by atoms with Gasteiger partial charge in [-0.05, 0) is 51.6 Å². The Hall–Kier alpha value is -1.89. The van der Waals surface area contributed by atoms with E-state index in [0.717, 1.165) is 25.9 Å². The van der Waals surface area contributed by atoms with E-state index in [9.17, 15) is 0 Å². The third-order valence-electron chi connectivity index (χ3n) is 6.08. The molecule has 0 radical (unpaired) electrons. The summed E-state index contributed by atoms with van der Waals surface area (Å²) in [5.74, 6) is 1.92. The molecule has 7 heteroatoms. The third kappa shape index (κ3) is 2.94. The molecule has 1 aliphatic carbocycles. The highest BCUT2D eigenvalue weighted by molar-refractivity contribution is 5.89. The molecule has 1 spiro atoms. The summed E-state index contributed by atoms with van der Waals surface area (Å²) in [4.78, 5) is 15.6. The van der Waals surface area contributed by atoms with Gasteiger partial charge in [0.2, 0.25) is 5.88 Å². The van der Waals surface area contributed by atoms with Crippen molar-refractivity contribution in [3.8, 4) is 5.88 Å². The molecule has 134 valence electrons. The van der Waals surface area contributed by atoms with Crippen LogP contribution in [0.25, 0.3) is 0 Å². The molecule has 6 rings (SSSR count). The number of nitrogens with one attached hydrogen (secondary N) is 1. The van der Waals surface area contributed by atoms with Crippen molar-refractivity contribution in [2.75, 3.05) is 31.5 Å². The van der Waals surface area contributed by atoms with Crippen LogP contribution in [0.15, 0.2) is 17.4 Å². The standard InChI is InChI=1S/C18H25N5O2/c1-2-4-14(3-1)24-16-9-15(20-12-21-16)22-17-19-10-18(25-17)11-23-7-5-13(18)6-8-23/h9,12-14H,1-8,10-11H2,(H,19,20,21,22). The highest BCUT2D eigenvalue weighted by Crippen LogP contribution is 2.40. The maximum absolute atomic E-state index is 6.30. The van der Waals surface area contributed by atoms with E-state index in [2.05, 4.69) is 25.2 Å². The summed E-state index contributed by atoms with van der Waals surface area (Å²) in [5.41, 5.74) is -0.130. The molecule has 1 aromatic heterocycles. The predicted molar refractivity (Wildman–Crippen MR) is 93.8 cm³/mol. The number of aliphatic imine (C=N–C) groups is 1. The van der Waals surface area contributed by atoms with E-state index in [-0.39, 0.29) is 11.7 Å². The Balaban J connectivity index is 1.24. The minimum absolute atomic E-state index is 0.130. The fraction of sp³-hybridized carbons (Fsp3) is 0.722. The van der Waals surface area contributed by atoms with Crippen LogP contribution in [0.3, 0.4) is 0 Å². The van der Waals surface area contributed by atoms with Crippen LogP contribution in [0, 0.1) is 5.92 Å². The average molecular weight is 343 g/mol. The Morgan fingerprint density at radius 1 is 1.16 bits per heavy atom. The molecule has 3 saturated heterocycles. The van der Waals surface area contributed by atoms with Crippen molar-refractivity contribution in [1.29, 1.82) is 0 Å². The van der Waals surface area contributed by atoms with Crippen LogP contribution in [0.4, 0.5) is 5.82 Å². The van der Waals surface area contributed by atoms with E-state index in [0.29, 0.717) is 23.6 Å². The summed E-state index contributed by atoms with van der Waals surface area (Å²) >= 11 is 0. The molecule has 5 aliphatic rings. The SMILES string of the molecule is c1nc(NC2=NCC3(CN4CCC3CC4)O2)cc(OC2CCCC2)n1. The third-order valence-corrected chi connectivity index (χ3v) is 6.08.